The van der Waals surface area contributed by atoms with E-state index < -0.39 is 24.1 Å². The SMILES string of the molecule is COC(=O)C1CCN(C(=O)N2C[C@@H](O)C[C@H]2C(=O)O)C1. The first-order chi connectivity index (χ1) is 9.43. The number of amides is 2. The van der Waals surface area contributed by atoms with E-state index in [2.05, 4.69) is 4.74 Å². The lowest BCUT2D eigenvalue weighted by Gasteiger charge is -2.27. The monoisotopic (exact) mass is 286 g/mol. The van der Waals surface area contributed by atoms with Gasteiger partial charge >= 0.3 is 18.0 Å². The molecule has 0 aromatic carbocycles. The summed E-state index contributed by atoms with van der Waals surface area (Å²) < 4.78 is 4.64. The maximum atomic E-state index is 12.3. The summed E-state index contributed by atoms with van der Waals surface area (Å²) in [6.45, 7) is 0.622. The molecule has 2 aliphatic heterocycles. The first-order valence-corrected chi connectivity index (χ1v) is 6.48. The summed E-state index contributed by atoms with van der Waals surface area (Å²) in [6.07, 6.45) is -0.277. The lowest BCUT2D eigenvalue weighted by molar-refractivity contribution is -0.145. The Morgan fingerprint density at radius 2 is 1.95 bits per heavy atom. The minimum Gasteiger partial charge on any atom is -0.480 e. The van der Waals surface area contributed by atoms with Crippen LogP contribution in [0, 0.1) is 5.92 Å². The van der Waals surface area contributed by atoms with Gasteiger partial charge in [0.2, 0.25) is 0 Å². The Bertz CT molecular complexity index is 426. The highest BCUT2D eigenvalue weighted by Gasteiger charge is 2.42. The van der Waals surface area contributed by atoms with Gasteiger partial charge in [0.1, 0.15) is 6.04 Å². The Morgan fingerprint density at radius 1 is 1.25 bits per heavy atom. The van der Waals surface area contributed by atoms with E-state index in [0.29, 0.717) is 13.0 Å². The highest BCUT2D eigenvalue weighted by atomic mass is 16.5. The summed E-state index contributed by atoms with van der Waals surface area (Å²) in [5, 5.41) is 18.6. The van der Waals surface area contributed by atoms with E-state index in [1.165, 1.54) is 12.0 Å². The number of urea groups is 1. The van der Waals surface area contributed by atoms with E-state index >= 15 is 0 Å². The van der Waals surface area contributed by atoms with E-state index in [1.54, 1.807) is 0 Å². The summed E-state index contributed by atoms with van der Waals surface area (Å²) in [7, 11) is 1.30. The Hall–Kier alpha value is -1.83. The molecule has 8 nitrogen and oxygen atoms in total. The molecule has 8 heteroatoms. The van der Waals surface area contributed by atoms with Gasteiger partial charge in [-0.15, -0.1) is 0 Å². The molecular formula is C12H18N2O6. The van der Waals surface area contributed by atoms with E-state index in [0.717, 1.165) is 4.90 Å². The van der Waals surface area contributed by atoms with Gasteiger partial charge in [0.15, 0.2) is 0 Å². The number of nitrogens with zero attached hydrogens (tertiary/aromatic N) is 2. The minimum absolute atomic E-state index is 0.00912. The topological polar surface area (TPSA) is 107 Å². The van der Waals surface area contributed by atoms with Crippen LogP contribution in [0.4, 0.5) is 4.79 Å². The van der Waals surface area contributed by atoms with Gasteiger partial charge in [0, 0.05) is 26.1 Å². The molecule has 0 spiro atoms. The number of β-amino-alcohol motifs (C(OH)–C–C–N with tert-alkyl or cyclic N) is 1. The van der Waals surface area contributed by atoms with Crippen molar-refractivity contribution in [2.75, 3.05) is 26.7 Å². The average molecular weight is 286 g/mol. The number of carbonyl (C=O) groups is 3. The average Bonchev–Trinajstić information content (AvgIpc) is 3.03. The van der Waals surface area contributed by atoms with Crippen molar-refractivity contribution in [3.63, 3.8) is 0 Å². The molecule has 2 fully saturated rings. The molecule has 2 amide bonds. The third-order valence-electron chi connectivity index (χ3n) is 3.80. The molecule has 0 saturated carbocycles. The van der Waals surface area contributed by atoms with Crippen LogP contribution in [-0.2, 0) is 14.3 Å². The third kappa shape index (κ3) is 2.69. The number of hydrogen-bond donors (Lipinski definition) is 2. The van der Waals surface area contributed by atoms with Gasteiger partial charge in [-0.3, -0.25) is 4.79 Å². The number of carboxylic acids is 1. The van der Waals surface area contributed by atoms with E-state index in [9.17, 15) is 19.5 Å². The predicted molar refractivity (Wildman–Crippen MR) is 65.8 cm³/mol. The number of aliphatic carboxylic acids is 1. The molecule has 0 bridgehead atoms. The van der Waals surface area contributed by atoms with Crippen LogP contribution in [0.15, 0.2) is 0 Å². The number of carboxylic acid groups (broad SMARTS) is 1. The quantitative estimate of drug-likeness (QED) is 0.638. The van der Waals surface area contributed by atoms with Crippen LogP contribution in [0.2, 0.25) is 0 Å². The van der Waals surface area contributed by atoms with Gasteiger partial charge in [-0.1, -0.05) is 0 Å². The molecule has 20 heavy (non-hydrogen) atoms. The van der Waals surface area contributed by atoms with E-state index in [-0.39, 0.29) is 31.4 Å². The summed E-state index contributed by atoms with van der Waals surface area (Å²) in [4.78, 5) is 37.4. The van der Waals surface area contributed by atoms with Crippen LogP contribution in [0.5, 0.6) is 0 Å². The number of methoxy groups -OCH3 is 1. The molecule has 0 aliphatic carbocycles. The maximum Gasteiger partial charge on any atom is 0.326 e. The van der Waals surface area contributed by atoms with Crippen molar-refractivity contribution in [3.8, 4) is 0 Å². The third-order valence-corrected chi connectivity index (χ3v) is 3.80. The molecule has 3 atom stereocenters. The highest BCUT2D eigenvalue weighted by Crippen LogP contribution is 2.24. The molecule has 0 radical (unpaired) electrons. The Labute approximate surface area is 115 Å². The van der Waals surface area contributed by atoms with Gasteiger partial charge in [0.25, 0.3) is 0 Å². The number of carbonyl (C=O) groups excluding carboxylic acids is 2. The Morgan fingerprint density at radius 3 is 2.55 bits per heavy atom. The second-order valence-corrected chi connectivity index (χ2v) is 5.13. The van der Waals surface area contributed by atoms with Crippen LogP contribution < -0.4 is 0 Å². The highest BCUT2D eigenvalue weighted by molar-refractivity contribution is 5.84. The molecule has 0 aromatic rings. The zero-order valence-corrected chi connectivity index (χ0v) is 11.2. The van der Waals surface area contributed by atoms with Crippen molar-refractivity contribution in [2.24, 2.45) is 5.92 Å². The second kappa shape index (κ2) is 5.66. The van der Waals surface area contributed by atoms with Crippen LogP contribution in [0.3, 0.4) is 0 Å². The van der Waals surface area contributed by atoms with Crippen molar-refractivity contribution in [1.82, 2.24) is 9.80 Å². The fourth-order valence-corrected chi connectivity index (χ4v) is 2.73. The molecule has 2 heterocycles. The van der Waals surface area contributed by atoms with Crippen LogP contribution in [0.1, 0.15) is 12.8 Å². The predicted octanol–water partition coefficient (Wildman–Crippen LogP) is -0.879. The standard InChI is InChI=1S/C12H18N2O6/c1-20-11(18)7-2-3-13(5-7)12(19)14-6-8(15)4-9(14)10(16)17/h7-9,15H,2-6H2,1H3,(H,16,17)/t7?,8-,9-/m0/s1. The number of likely N-dealkylation sites (tertiary alicyclic amines) is 2. The molecule has 112 valence electrons. The Kier molecular flexibility index (Phi) is 4.12. The Balaban J connectivity index is 2.01. The maximum absolute atomic E-state index is 12.3. The fourth-order valence-electron chi connectivity index (χ4n) is 2.73. The summed E-state index contributed by atoms with van der Waals surface area (Å²) in [5.41, 5.74) is 0. The fraction of sp³-hybridized carbons (Fsp3) is 0.750. The van der Waals surface area contributed by atoms with Crippen molar-refractivity contribution in [3.05, 3.63) is 0 Å². The van der Waals surface area contributed by atoms with Crippen LogP contribution in [0.25, 0.3) is 0 Å². The summed E-state index contributed by atoms with van der Waals surface area (Å²) in [5.74, 6) is -1.85. The number of hydrogen-bond acceptors (Lipinski definition) is 5. The summed E-state index contributed by atoms with van der Waals surface area (Å²) >= 11 is 0. The number of rotatable bonds is 2. The number of aliphatic hydroxyl groups is 1. The zero-order valence-electron chi connectivity index (χ0n) is 11.2. The first-order valence-electron chi connectivity index (χ1n) is 6.48. The number of aliphatic hydroxyl groups excluding tert-OH is 1. The smallest absolute Gasteiger partial charge is 0.326 e. The molecule has 1 unspecified atom stereocenters. The lowest BCUT2D eigenvalue weighted by atomic mass is 10.1. The van der Waals surface area contributed by atoms with Gasteiger partial charge in [-0.25, -0.2) is 9.59 Å². The van der Waals surface area contributed by atoms with E-state index in [1.807, 2.05) is 0 Å². The second-order valence-electron chi connectivity index (χ2n) is 5.13. The van der Waals surface area contributed by atoms with Gasteiger partial charge in [-0.2, -0.15) is 0 Å². The molecule has 2 aliphatic rings. The van der Waals surface area contributed by atoms with E-state index in [4.69, 9.17) is 5.11 Å². The molecule has 0 aromatic heterocycles. The molecule has 2 saturated heterocycles. The first kappa shape index (κ1) is 14.6. The number of ether oxygens (including phenoxy) is 1. The van der Waals surface area contributed by atoms with Gasteiger partial charge in [0.05, 0.1) is 19.1 Å². The molecule has 2 N–H and O–H groups in total. The van der Waals surface area contributed by atoms with Crippen molar-refractivity contribution in [1.29, 1.82) is 0 Å². The summed E-state index contributed by atoms with van der Waals surface area (Å²) in [6, 6.07) is -1.45. The largest absolute Gasteiger partial charge is 0.480 e. The normalized spacial score (nSPS) is 29.6. The van der Waals surface area contributed by atoms with Crippen molar-refractivity contribution in [2.45, 2.75) is 25.0 Å². The minimum atomic E-state index is -1.13. The van der Waals surface area contributed by atoms with Crippen molar-refractivity contribution < 1.29 is 29.3 Å². The zero-order chi connectivity index (χ0) is 14.9. The number of esters is 1. The van der Waals surface area contributed by atoms with Crippen LogP contribution >= 0.6 is 0 Å². The van der Waals surface area contributed by atoms with Gasteiger partial charge < -0.3 is 24.7 Å². The van der Waals surface area contributed by atoms with Crippen LogP contribution in [-0.4, -0.2) is 76.9 Å². The molecule has 2 rings (SSSR count). The molecular weight excluding hydrogens is 268 g/mol. The lowest BCUT2D eigenvalue weighted by Crippen LogP contribution is -2.47. The van der Waals surface area contributed by atoms with Gasteiger partial charge in [-0.05, 0) is 6.42 Å². The van der Waals surface area contributed by atoms with Crippen molar-refractivity contribution >= 4 is 18.0 Å².